The van der Waals surface area contributed by atoms with Gasteiger partial charge in [-0.25, -0.2) is 0 Å². The van der Waals surface area contributed by atoms with Gasteiger partial charge in [0.25, 0.3) is 5.91 Å². The summed E-state index contributed by atoms with van der Waals surface area (Å²) in [4.78, 5) is 13.9. The predicted octanol–water partition coefficient (Wildman–Crippen LogP) is 2.28. The molecule has 0 heterocycles. The third-order valence-electron chi connectivity index (χ3n) is 5.75. The molecular formula is C23H31N2O3+. The van der Waals surface area contributed by atoms with Crippen molar-refractivity contribution in [1.82, 2.24) is 0 Å². The average Bonchev–Trinajstić information content (AvgIpc) is 3.18. The van der Waals surface area contributed by atoms with Crippen molar-refractivity contribution < 1.29 is 19.2 Å². The number of anilines is 1. The minimum absolute atomic E-state index is 0.0581. The quantitative estimate of drug-likeness (QED) is 0.735. The number of hydrogen-bond acceptors (Lipinski definition) is 3. The van der Waals surface area contributed by atoms with E-state index in [1.165, 1.54) is 28.0 Å². The van der Waals surface area contributed by atoms with Crippen LogP contribution in [0.5, 0.6) is 11.5 Å². The van der Waals surface area contributed by atoms with E-state index >= 15 is 0 Å². The highest BCUT2D eigenvalue weighted by Crippen LogP contribution is 2.27. The Bertz CT molecular complexity index is 835. The molecule has 1 aliphatic rings. The number of carbonyl (C=O) groups excluding carboxylic acids is 1. The first-order valence-electron chi connectivity index (χ1n) is 9.97. The Morgan fingerprint density at radius 1 is 1.07 bits per heavy atom. The van der Waals surface area contributed by atoms with Gasteiger partial charge in [-0.3, -0.25) is 4.79 Å². The van der Waals surface area contributed by atoms with Crippen molar-refractivity contribution in [1.29, 1.82) is 0 Å². The highest BCUT2D eigenvalue weighted by Gasteiger charge is 2.22. The molecule has 5 nitrogen and oxygen atoms in total. The van der Waals surface area contributed by atoms with Crippen LogP contribution in [0, 0.1) is 0 Å². The second-order valence-corrected chi connectivity index (χ2v) is 7.58. The Morgan fingerprint density at radius 2 is 1.82 bits per heavy atom. The van der Waals surface area contributed by atoms with E-state index in [0.717, 1.165) is 43.0 Å². The van der Waals surface area contributed by atoms with Crippen LogP contribution in [0.15, 0.2) is 36.4 Å². The number of hydrogen-bond donors (Lipinski definition) is 2. The summed E-state index contributed by atoms with van der Waals surface area (Å²) in [5, 5.41) is 3.09. The van der Waals surface area contributed by atoms with Crippen LogP contribution >= 0.6 is 0 Å². The average molecular weight is 384 g/mol. The van der Waals surface area contributed by atoms with Crippen molar-refractivity contribution in [3.05, 3.63) is 53.1 Å². The van der Waals surface area contributed by atoms with E-state index in [1.807, 2.05) is 31.2 Å². The number of ether oxygens (including phenoxy) is 2. The normalized spacial score (nSPS) is 14.9. The van der Waals surface area contributed by atoms with Crippen LogP contribution in [0.1, 0.15) is 30.0 Å². The van der Waals surface area contributed by atoms with Crippen molar-refractivity contribution in [2.24, 2.45) is 0 Å². The molecule has 3 rings (SSSR count). The molecule has 0 saturated heterocycles. The van der Waals surface area contributed by atoms with Gasteiger partial charge in [0.05, 0.1) is 27.8 Å². The van der Waals surface area contributed by atoms with Gasteiger partial charge in [-0.2, -0.15) is 0 Å². The van der Waals surface area contributed by atoms with Crippen LogP contribution in [0.4, 0.5) is 5.69 Å². The zero-order valence-electron chi connectivity index (χ0n) is 17.3. The number of aryl methyl sites for hydroxylation is 2. The Morgan fingerprint density at radius 3 is 2.57 bits per heavy atom. The van der Waals surface area contributed by atoms with Crippen LogP contribution in [0.3, 0.4) is 0 Å². The highest BCUT2D eigenvalue weighted by molar-refractivity contribution is 5.93. The summed E-state index contributed by atoms with van der Waals surface area (Å²) in [6.07, 6.45) is 4.35. The van der Waals surface area contributed by atoms with Crippen molar-refractivity contribution in [3.8, 4) is 11.5 Å². The lowest BCUT2D eigenvalue weighted by atomic mass is 10.1. The van der Waals surface area contributed by atoms with E-state index in [1.54, 1.807) is 14.2 Å². The van der Waals surface area contributed by atoms with Gasteiger partial charge in [0.1, 0.15) is 0 Å². The van der Waals surface area contributed by atoms with Crippen molar-refractivity contribution in [3.63, 3.8) is 0 Å². The van der Waals surface area contributed by atoms with Gasteiger partial charge in [-0.15, -0.1) is 0 Å². The van der Waals surface area contributed by atoms with Crippen LogP contribution in [-0.4, -0.2) is 39.8 Å². The van der Waals surface area contributed by atoms with Gasteiger partial charge in [-0.05, 0) is 67.1 Å². The third-order valence-corrected chi connectivity index (χ3v) is 5.75. The van der Waals surface area contributed by atoms with E-state index in [4.69, 9.17) is 9.47 Å². The predicted molar refractivity (Wildman–Crippen MR) is 112 cm³/mol. The number of amides is 1. The van der Waals surface area contributed by atoms with Crippen molar-refractivity contribution in [2.45, 2.75) is 38.6 Å². The van der Waals surface area contributed by atoms with Crippen LogP contribution in [-0.2, 0) is 24.1 Å². The molecule has 1 unspecified atom stereocenters. The third kappa shape index (κ3) is 4.65. The SMILES string of the molecule is COc1ccc(CC[NH+](C)[C@H](C)C(=O)Nc2ccc3c(c2)CCC3)cc1OC. The van der Waals surface area contributed by atoms with Crippen LogP contribution < -0.4 is 19.7 Å². The monoisotopic (exact) mass is 383 g/mol. The first-order valence-corrected chi connectivity index (χ1v) is 9.97. The summed E-state index contributed by atoms with van der Waals surface area (Å²) in [6.45, 7) is 2.83. The van der Waals surface area contributed by atoms with Gasteiger partial charge in [-0.1, -0.05) is 12.1 Å². The largest absolute Gasteiger partial charge is 0.493 e. The summed E-state index contributed by atoms with van der Waals surface area (Å²) in [6, 6.07) is 12.1. The molecule has 1 aliphatic carbocycles. The Balaban J connectivity index is 1.55. The van der Waals surface area contributed by atoms with E-state index in [9.17, 15) is 4.79 Å². The van der Waals surface area contributed by atoms with Gasteiger partial charge in [0, 0.05) is 12.1 Å². The lowest BCUT2D eigenvalue weighted by molar-refractivity contribution is -0.893. The van der Waals surface area contributed by atoms with Gasteiger partial charge in [0.2, 0.25) is 0 Å². The first kappa shape index (κ1) is 20.2. The fraction of sp³-hybridized carbons (Fsp3) is 0.435. The molecule has 2 N–H and O–H groups in total. The maximum absolute atomic E-state index is 12.7. The number of likely N-dealkylation sites (N-methyl/N-ethyl adjacent to an activating group) is 1. The molecule has 28 heavy (non-hydrogen) atoms. The molecule has 0 aromatic heterocycles. The fourth-order valence-corrected chi connectivity index (χ4v) is 3.72. The maximum atomic E-state index is 12.7. The number of benzene rings is 2. The summed E-state index contributed by atoms with van der Waals surface area (Å²) >= 11 is 0. The van der Waals surface area contributed by atoms with Crippen LogP contribution in [0.2, 0.25) is 0 Å². The molecule has 0 spiro atoms. The number of nitrogens with one attached hydrogen (secondary N) is 2. The summed E-state index contributed by atoms with van der Waals surface area (Å²) in [5.74, 6) is 1.52. The van der Waals surface area contributed by atoms with Gasteiger partial charge >= 0.3 is 0 Å². The molecule has 2 aromatic carbocycles. The molecule has 2 atom stereocenters. The first-order chi connectivity index (χ1) is 13.5. The molecule has 0 bridgehead atoms. The molecular weight excluding hydrogens is 352 g/mol. The highest BCUT2D eigenvalue weighted by atomic mass is 16.5. The topological polar surface area (TPSA) is 52.0 Å². The number of quaternary nitrogens is 1. The molecule has 0 fully saturated rings. The van der Waals surface area contributed by atoms with Gasteiger partial charge in [0.15, 0.2) is 17.5 Å². The Kier molecular flexibility index (Phi) is 6.57. The molecule has 1 amide bonds. The number of fused-ring (bicyclic) bond motifs is 1. The summed E-state index contributed by atoms with van der Waals surface area (Å²) in [7, 11) is 5.34. The second kappa shape index (κ2) is 9.11. The smallest absolute Gasteiger partial charge is 0.282 e. The lowest BCUT2D eigenvalue weighted by Crippen LogP contribution is -3.14. The van der Waals surface area contributed by atoms with Crippen molar-refractivity contribution in [2.75, 3.05) is 33.1 Å². The van der Waals surface area contributed by atoms with E-state index in [-0.39, 0.29) is 11.9 Å². The minimum atomic E-state index is -0.131. The van der Waals surface area contributed by atoms with E-state index < -0.39 is 0 Å². The summed E-state index contributed by atoms with van der Waals surface area (Å²) < 4.78 is 10.7. The van der Waals surface area contributed by atoms with Crippen molar-refractivity contribution >= 4 is 11.6 Å². The standard InChI is InChI=1S/C23H30N2O3/c1-16(23(26)24-20-10-9-18-6-5-7-19(18)15-20)25(2)13-12-17-8-11-21(27-3)22(14-17)28-4/h8-11,14-16H,5-7,12-13H2,1-4H3,(H,24,26)/p+1/t16-/m1/s1. The molecule has 0 aliphatic heterocycles. The zero-order valence-corrected chi connectivity index (χ0v) is 17.3. The summed E-state index contributed by atoms with van der Waals surface area (Å²) in [5.41, 5.74) is 4.87. The lowest BCUT2D eigenvalue weighted by Gasteiger charge is -2.21. The van der Waals surface area contributed by atoms with E-state index in [0.29, 0.717) is 0 Å². The van der Waals surface area contributed by atoms with Gasteiger partial charge < -0.3 is 19.7 Å². The molecule has 0 radical (unpaired) electrons. The molecule has 5 heteroatoms. The maximum Gasteiger partial charge on any atom is 0.282 e. The number of rotatable bonds is 8. The minimum Gasteiger partial charge on any atom is -0.493 e. The Hall–Kier alpha value is -2.53. The molecule has 2 aromatic rings. The number of methoxy groups -OCH3 is 2. The zero-order chi connectivity index (χ0) is 20.1. The number of carbonyl (C=O) groups is 1. The molecule has 0 saturated carbocycles. The van der Waals surface area contributed by atoms with Crippen LogP contribution in [0.25, 0.3) is 0 Å². The fourth-order valence-electron chi connectivity index (χ4n) is 3.72. The Labute approximate surface area is 167 Å². The van der Waals surface area contributed by atoms with E-state index in [2.05, 4.69) is 24.5 Å². The molecule has 150 valence electrons. The second-order valence-electron chi connectivity index (χ2n) is 7.58.